The van der Waals surface area contributed by atoms with E-state index in [0.717, 1.165) is 12.5 Å². The lowest BCUT2D eigenvalue weighted by Crippen LogP contribution is -2.35. The zero-order valence-corrected chi connectivity index (χ0v) is 11.9. The molecule has 1 saturated carbocycles. The quantitative estimate of drug-likeness (QED) is 0.718. The Labute approximate surface area is 112 Å². The molecule has 1 fully saturated rings. The summed E-state index contributed by atoms with van der Waals surface area (Å²) in [6, 6.07) is 11.7. The van der Waals surface area contributed by atoms with Crippen LogP contribution in [-0.2, 0) is 0 Å². The molecule has 1 aromatic rings. The van der Waals surface area contributed by atoms with Crippen molar-refractivity contribution in [3.05, 3.63) is 35.9 Å². The molecular weight excluding hydrogens is 218 g/mol. The summed E-state index contributed by atoms with van der Waals surface area (Å²) in [6.45, 7) is 5.73. The molecule has 100 valence electrons. The van der Waals surface area contributed by atoms with Gasteiger partial charge < -0.3 is 5.32 Å². The van der Waals surface area contributed by atoms with Crippen LogP contribution in [0.5, 0.6) is 0 Å². The van der Waals surface area contributed by atoms with E-state index < -0.39 is 0 Å². The molecule has 2 unspecified atom stereocenters. The van der Waals surface area contributed by atoms with Crippen molar-refractivity contribution in [2.75, 3.05) is 6.54 Å². The largest absolute Gasteiger partial charge is 0.313 e. The van der Waals surface area contributed by atoms with E-state index in [1.807, 2.05) is 0 Å². The van der Waals surface area contributed by atoms with Crippen LogP contribution in [0.15, 0.2) is 30.3 Å². The number of nitrogens with one attached hydrogen (secondary N) is 1. The molecule has 1 N–H and O–H groups in total. The van der Waals surface area contributed by atoms with Gasteiger partial charge in [-0.05, 0) is 43.2 Å². The van der Waals surface area contributed by atoms with Gasteiger partial charge in [0.2, 0.25) is 0 Å². The van der Waals surface area contributed by atoms with Crippen LogP contribution in [0.3, 0.4) is 0 Å². The highest BCUT2D eigenvalue weighted by Crippen LogP contribution is 2.37. The van der Waals surface area contributed by atoms with Crippen molar-refractivity contribution in [2.24, 2.45) is 5.92 Å². The number of hydrogen-bond donors (Lipinski definition) is 1. The van der Waals surface area contributed by atoms with Crippen molar-refractivity contribution in [1.29, 1.82) is 0 Å². The smallest absolute Gasteiger partial charge is 0.0138 e. The Morgan fingerprint density at radius 2 is 1.89 bits per heavy atom. The van der Waals surface area contributed by atoms with Gasteiger partial charge in [0.1, 0.15) is 0 Å². The fourth-order valence-corrected chi connectivity index (χ4v) is 2.89. The van der Waals surface area contributed by atoms with E-state index in [-0.39, 0.29) is 0 Å². The first-order valence-electron chi connectivity index (χ1n) is 7.63. The molecule has 0 spiro atoms. The van der Waals surface area contributed by atoms with Gasteiger partial charge in [0.15, 0.2) is 0 Å². The van der Waals surface area contributed by atoms with E-state index in [1.165, 1.54) is 37.7 Å². The van der Waals surface area contributed by atoms with Crippen LogP contribution in [0.1, 0.15) is 57.4 Å². The molecular formula is C17H27N. The summed E-state index contributed by atoms with van der Waals surface area (Å²) in [5, 5.41) is 3.79. The third-order valence-corrected chi connectivity index (χ3v) is 4.09. The summed E-state index contributed by atoms with van der Waals surface area (Å²) < 4.78 is 0. The van der Waals surface area contributed by atoms with Crippen LogP contribution in [0.25, 0.3) is 0 Å². The Kier molecular flexibility index (Phi) is 5.25. The molecule has 1 aliphatic rings. The molecule has 18 heavy (non-hydrogen) atoms. The SMILES string of the molecule is CCCNC(CC1CC1)C(CC)c1ccccc1. The Morgan fingerprint density at radius 1 is 1.17 bits per heavy atom. The van der Waals surface area contributed by atoms with Crippen LogP contribution in [0.2, 0.25) is 0 Å². The lowest BCUT2D eigenvalue weighted by Gasteiger charge is -2.28. The van der Waals surface area contributed by atoms with Gasteiger partial charge in [-0.15, -0.1) is 0 Å². The average molecular weight is 245 g/mol. The van der Waals surface area contributed by atoms with E-state index in [0.29, 0.717) is 12.0 Å². The Bertz CT molecular complexity index is 329. The van der Waals surface area contributed by atoms with Crippen molar-refractivity contribution >= 4 is 0 Å². The van der Waals surface area contributed by atoms with Gasteiger partial charge >= 0.3 is 0 Å². The van der Waals surface area contributed by atoms with Gasteiger partial charge in [0, 0.05) is 6.04 Å². The maximum atomic E-state index is 3.79. The van der Waals surface area contributed by atoms with E-state index in [9.17, 15) is 0 Å². The van der Waals surface area contributed by atoms with Crippen LogP contribution in [-0.4, -0.2) is 12.6 Å². The molecule has 0 amide bonds. The molecule has 0 bridgehead atoms. The molecule has 1 aromatic carbocycles. The van der Waals surface area contributed by atoms with Crippen molar-refractivity contribution in [3.63, 3.8) is 0 Å². The van der Waals surface area contributed by atoms with Gasteiger partial charge in [0.05, 0.1) is 0 Å². The number of hydrogen-bond acceptors (Lipinski definition) is 1. The van der Waals surface area contributed by atoms with Gasteiger partial charge in [-0.3, -0.25) is 0 Å². The molecule has 0 aliphatic heterocycles. The van der Waals surface area contributed by atoms with Crippen molar-refractivity contribution in [2.45, 2.75) is 57.9 Å². The molecule has 2 atom stereocenters. The number of benzene rings is 1. The summed E-state index contributed by atoms with van der Waals surface area (Å²) in [6.07, 6.45) is 6.74. The lowest BCUT2D eigenvalue weighted by molar-refractivity contribution is 0.383. The second-order valence-electron chi connectivity index (χ2n) is 5.67. The minimum atomic E-state index is 0.671. The lowest BCUT2D eigenvalue weighted by atomic mass is 9.86. The second-order valence-corrected chi connectivity index (χ2v) is 5.67. The van der Waals surface area contributed by atoms with Crippen molar-refractivity contribution in [3.8, 4) is 0 Å². The Morgan fingerprint density at radius 3 is 2.44 bits per heavy atom. The van der Waals surface area contributed by atoms with E-state index in [2.05, 4.69) is 49.5 Å². The minimum Gasteiger partial charge on any atom is -0.313 e. The first-order valence-corrected chi connectivity index (χ1v) is 7.63. The van der Waals surface area contributed by atoms with E-state index in [1.54, 1.807) is 0 Å². The molecule has 1 aliphatic carbocycles. The fourth-order valence-electron chi connectivity index (χ4n) is 2.89. The standard InChI is InChI=1S/C17H27N/c1-3-12-18-17(13-14-10-11-14)16(4-2)15-8-6-5-7-9-15/h5-9,14,16-18H,3-4,10-13H2,1-2H3. The highest BCUT2D eigenvalue weighted by molar-refractivity contribution is 5.21. The first kappa shape index (κ1) is 13.6. The van der Waals surface area contributed by atoms with Gasteiger partial charge in [0.25, 0.3) is 0 Å². The maximum Gasteiger partial charge on any atom is 0.0138 e. The Hall–Kier alpha value is -0.820. The second kappa shape index (κ2) is 6.94. The third kappa shape index (κ3) is 3.84. The third-order valence-electron chi connectivity index (χ3n) is 4.09. The monoisotopic (exact) mass is 245 g/mol. The van der Waals surface area contributed by atoms with Crippen LogP contribution < -0.4 is 5.32 Å². The van der Waals surface area contributed by atoms with Crippen LogP contribution >= 0.6 is 0 Å². The van der Waals surface area contributed by atoms with E-state index in [4.69, 9.17) is 0 Å². The molecule has 0 heterocycles. The van der Waals surface area contributed by atoms with Crippen molar-refractivity contribution in [1.82, 2.24) is 5.32 Å². The van der Waals surface area contributed by atoms with Gasteiger partial charge in [-0.25, -0.2) is 0 Å². The highest BCUT2D eigenvalue weighted by atomic mass is 14.9. The average Bonchev–Trinajstić information content (AvgIpc) is 3.22. The summed E-state index contributed by atoms with van der Waals surface area (Å²) in [7, 11) is 0. The Balaban J connectivity index is 2.04. The molecule has 0 aromatic heterocycles. The summed E-state index contributed by atoms with van der Waals surface area (Å²) in [4.78, 5) is 0. The van der Waals surface area contributed by atoms with Gasteiger partial charge in [-0.1, -0.05) is 57.0 Å². The predicted molar refractivity (Wildman–Crippen MR) is 78.9 cm³/mol. The topological polar surface area (TPSA) is 12.0 Å². The summed E-state index contributed by atoms with van der Waals surface area (Å²) >= 11 is 0. The highest BCUT2D eigenvalue weighted by Gasteiger charge is 2.29. The van der Waals surface area contributed by atoms with E-state index >= 15 is 0 Å². The van der Waals surface area contributed by atoms with Crippen molar-refractivity contribution < 1.29 is 0 Å². The molecule has 0 radical (unpaired) electrons. The zero-order chi connectivity index (χ0) is 12.8. The first-order chi connectivity index (χ1) is 8.85. The predicted octanol–water partition coefficient (Wildman–Crippen LogP) is 4.35. The van der Waals surface area contributed by atoms with Crippen LogP contribution in [0, 0.1) is 5.92 Å². The fraction of sp³-hybridized carbons (Fsp3) is 0.647. The number of rotatable bonds is 8. The molecule has 2 rings (SSSR count). The van der Waals surface area contributed by atoms with Gasteiger partial charge in [-0.2, -0.15) is 0 Å². The molecule has 0 saturated heterocycles. The summed E-state index contributed by atoms with van der Waals surface area (Å²) in [5.74, 6) is 1.68. The molecule has 1 heteroatoms. The maximum absolute atomic E-state index is 3.79. The minimum absolute atomic E-state index is 0.671. The summed E-state index contributed by atoms with van der Waals surface area (Å²) in [5.41, 5.74) is 1.51. The van der Waals surface area contributed by atoms with Crippen LogP contribution in [0.4, 0.5) is 0 Å². The normalized spacial score (nSPS) is 18.6. The zero-order valence-electron chi connectivity index (χ0n) is 11.9. The molecule has 1 nitrogen and oxygen atoms in total.